The van der Waals surface area contributed by atoms with Crippen LogP contribution in [-0.4, -0.2) is 50.9 Å². The topological polar surface area (TPSA) is 91.3 Å². The minimum absolute atomic E-state index is 0.321. The molecule has 2 aromatic carbocycles. The summed E-state index contributed by atoms with van der Waals surface area (Å²) in [7, 11) is 4.33. The molecule has 0 aromatic heterocycles. The molecule has 0 amide bonds. The predicted octanol–water partition coefficient (Wildman–Crippen LogP) is 2.52. The van der Waals surface area contributed by atoms with Crippen molar-refractivity contribution in [1.82, 2.24) is 0 Å². The van der Waals surface area contributed by atoms with Crippen molar-refractivity contribution in [2.75, 3.05) is 27.9 Å². The monoisotopic (exact) mass is 400 g/mol. The lowest BCUT2D eigenvalue weighted by atomic mass is 9.97. The third-order valence-corrected chi connectivity index (χ3v) is 4.24. The molecule has 0 spiro atoms. The summed E-state index contributed by atoms with van der Waals surface area (Å²) in [6.07, 6.45) is 1.56. The molecule has 2 atom stereocenters. The van der Waals surface area contributed by atoms with E-state index < -0.39 is 30.4 Å². The number of esters is 1. The van der Waals surface area contributed by atoms with E-state index in [0.717, 1.165) is 0 Å². The van der Waals surface area contributed by atoms with E-state index in [1.807, 2.05) is 0 Å². The summed E-state index contributed by atoms with van der Waals surface area (Å²) < 4.78 is 20.8. The van der Waals surface area contributed by atoms with Crippen molar-refractivity contribution in [3.8, 4) is 17.2 Å². The Hall–Kier alpha value is -3.16. The Morgan fingerprint density at radius 3 is 2.31 bits per heavy atom. The standard InChI is InChI=1S/C22H24O7/c1-26-17-11-9-15(20(13-17)27-2)10-12-19(24)18(14-23)21(28-3)22(25)29-16-7-5-4-6-8-16/h4-13,18,21,23H,14H2,1-3H3. The summed E-state index contributed by atoms with van der Waals surface area (Å²) in [5, 5.41) is 9.70. The first kappa shape index (κ1) is 22.1. The number of aliphatic hydroxyl groups excluding tert-OH is 1. The summed E-state index contributed by atoms with van der Waals surface area (Å²) in [5.41, 5.74) is 0.638. The molecule has 2 unspecified atom stereocenters. The average molecular weight is 400 g/mol. The number of ether oxygens (including phenoxy) is 4. The van der Waals surface area contributed by atoms with Crippen molar-refractivity contribution < 1.29 is 33.6 Å². The van der Waals surface area contributed by atoms with E-state index in [1.165, 1.54) is 20.3 Å². The predicted molar refractivity (Wildman–Crippen MR) is 107 cm³/mol. The van der Waals surface area contributed by atoms with Crippen LogP contribution in [-0.2, 0) is 14.3 Å². The lowest BCUT2D eigenvalue weighted by Crippen LogP contribution is -2.40. The van der Waals surface area contributed by atoms with Gasteiger partial charge in [-0.1, -0.05) is 18.2 Å². The molecule has 0 saturated heterocycles. The molecule has 1 N–H and O–H groups in total. The first-order chi connectivity index (χ1) is 14.0. The Kier molecular flexibility index (Phi) is 8.39. The molecule has 0 bridgehead atoms. The van der Waals surface area contributed by atoms with Gasteiger partial charge in [-0.25, -0.2) is 4.79 Å². The summed E-state index contributed by atoms with van der Waals surface area (Å²) in [6, 6.07) is 13.6. The van der Waals surface area contributed by atoms with Crippen LogP contribution in [0.5, 0.6) is 17.2 Å². The normalized spacial score (nSPS) is 13.0. The Balaban J connectivity index is 2.15. The van der Waals surface area contributed by atoms with Crippen molar-refractivity contribution in [3.63, 3.8) is 0 Å². The number of benzene rings is 2. The van der Waals surface area contributed by atoms with Gasteiger partial charge in [0.25, 0.3) is 0 Å². The highest BCUT2D eigenvalue weighted by Crippen LogP contribution is 2.26. The van der Waals surface area contributed by atoms with Crippen LogP contribution in [0.3, 0.4) is 0 Å². The molecular weight excluding hydrogens is 376 g/mol. The van der Waals surface area contributed by atoms with Gasteiger partial charge in [-0.15, -0.1) is 0 Å². The molecule has 2 aromatic rings. The van der Waals surface area contributed by atoms with Gasteiger partial charge in [0.05, 0.1) is 26.7 Å². The van der Waals surface area contributed by atoms with E-state index >= 15 is 0 Å². The highest BCUT2D eigenvalue weighted by molar-refractivity contribution is 5.99. The maximum absolute atomic E-state index is 12.6. The Labute approximate surface area is 169 Å². The van der Waals surface area contributed by atoms with Gasteiger partial charge in [0.1, 0.15) is 17.2 Å². The van der Waals surface area contributed by atoms with Gasteiger partial charge < -0.3 is 24.1 Å². The molecule has 2 rings (SSSR count). The van der Waals surface area contributed by atoms with Gasteiger partial charge in [0, 0.05) is 18.7 Å². The van der Waals surface area contributed by atoms with Crippen LogP contribution in [0.15, 0.2) is 54.6 Å². The number of rotatable bonds is 10. The zero-order chi connectivity index (χ0) is 21.2. The van der Waals surface area contributed by atoms with E-state index in [-0.39, 0.29) is 0 Å². The van der Waals surface area contributed by atoms with E-state index in [4.69, 9.17) is 18.9 Å². The second-order valence-electron chi connectivity index (χ2n) is 6.02. The van der Waals surface area contributed by atoms with Crippen molar-refractivity contribution in [1.29, 1.82) is 0 Å². The van der Waals surface area contributed by atoms with Gasteiger partial charge in [-0.3, -0.25) is 4.79 Å². The molecule has 29 heavy (non-hydrogen) atoms. The number of methoxy groups -OCH3 is 3. The van der Waals surface area contributed by atoms with Crippen molar-refractivity contribution in [3.05, 3.63) is 60.2 Å². The summed E-state index contributed by atoms with van der Waals surface area (Å²) in [5.74, 6) is -0.912. The number of hydrogen-bond donors (Lipinski definition) is 1. The van der Waals surface area contributed by atoms with Crippen LogP contribution in [0.4, 0.5) is 0 Å². The van der Waals surface area contributed by atoms with E-state index in [0.29, 0.717) is 22.8 Å². The highest BCUT2D eigenvalue weighted by atomic mass is 16.6. The number of carbonyl (C=O) groups is 2. The zero-order valence-electron chi connectivity index (χ0n) is 16.5. The van der Waals surface area contributed by atoms with Crippen molar-refractivity contribution >= 4 is 17.8 Å². The minimum Gasteiger partial charge on any atom is -0.497 e. The fourth-order valence-electron chi connectivity index (χ4n) is 2.67. The lowest BCUT2D eigenvalue weighted by Gasteiger charge is -2.20. The zero-order valence-corrected chi connectivity index (χ0v) is 16.5. The quantitative estimate of drug-likeness (QED) is 0.372. The van der Waals surface area contributed by atoms with Gasteiger partial charge in [-0.2, -0.15) is 0 Å². The van der Waals surface area contributed by atoms with Crippen LogP contribution in [0.1, 0.15) is 5.56 Å². The fraction of sp³-hybridized carbons (Fsp3) is 0.273. The number of ketones is 1. The third-order valence-electron chi connectivity index (χ3n) is 4.24. The first-order valence-electron chi connectivity index (χ1n) is 8.88. The van der Waals surface area contributed by atoms with Crippen LogP contribution in [0.25, 0.3) is 6.08 Å². The third kappa shape index (κ3) is 5.91. The lowest BCUT2D eigenvalue weighted by molar-refractivity contribution is -0.153. The molecule has 0 fully saturated rings. The van der Waals surface area contributed by atoms with Crippen LogP contribution in [0, 0.1) is 5.92 Å². The van der Waals surface area contributed by atoms with E-state index in [2.05, 4.69) is 0 Å². The Bertz CT molecular complexity index is 845. The molecule has 7 nitrogen and oxygen atoms in total. The molecule has 0 aliphatic carbocycles. The van der Waals surface area contributed by atoms with Crippen LogP contribution in [0.2, 0.25) is 0 Å². The average Bonchev–Trinajstić information content (AvgIpc) is 2.76. The largest absolute Gasteiger partial charge is 0.497 e. The Morgan fingerprint density at radius 1 is 1.00 bits per heavy atom. The summed E-state index contributed by atoms with van der Waals surface area (Å²) in [4.78, 5) is 25.1. The molecule has 0 radical (unpaired) electrons. The molecule has 0 saturated carbocycles. The maximum Gasteiger partial charge on any atom is 0.341 e. The number of hydrogen-bond acceptors (Lipinski definition) is 7. The van der Waals surface area contributed by atoms with Crippen molar-refractivity contribution in [2.45, 2.75) is 6.10 Å². The second kappa shape index (κ2) is 11.0. The fourth-order valence-corrected chi connectivity index (χ4v) is 2.67. The van der Waals surface area contributed by atoms with Gasteiger partial charge in [0.15, 0.2) is 11.9 Å². The van der Waals surface area contributed by atoms with Gasteiger partial charge in [-0.05, 0) is 36.4 Å². The summed E-state index contributed by atoms with van der Waals surface area (Å²) >= 11 is 0. The molecule has 0 aliphatic heterocycles. The smallest absolute Gasteiger partial charge is 0.341 e. The SMILES string of the molecule is COc1ccc(C=CC(=O)C(CO)C(OC)C(=O)Oc2ccccc2)c(OC)c1. The van der Waals surface area contributed by atoms with Crippen molar-refractivity contribution in [2.24, 2.45) is 5.92 Å². The molecule has 154 valence electrons. The minimum atomic E-state index is -1.25. The number of para-hydroxylation sites is 1. The summed E-state index contributed by atoms with van der Waals surface area (Å²) in [6.45, 7) is -0.578. The highest BCUT2D eigenvalue weighted by Gasteiger charge is 2.34. The van der Waals surface area contributed by atoms with E-state index in [9.17, 15) is 14.7 Å². The Morgan fingerprint density at radius 2 is 1.72 bits per heavy atom. The van der Waals surface area contributed by atoms with Gasteiger partial charge >= 0.3 is 5.97 Å². The van der Waals surface area contributed by atoms with E-state index in [1.54, 1.807) is 61.7 Å². The number of allylic oxidation sites excluding steroid dienone is 1. The number of carbonyl (C=O) groups excluding carboxylic acids is 2. The van der Waals surface area contributed by atoms with Crippen LogP contribution < -0.4 is 14.2 Å². The van der Waals surface area contributed by atoms with Gasteiger partial charge in [0.2, 0.25) is 0 Å². The molecule has 7 heteroatoms. The molecule has 0 heterocycles. The molecular formula is C22H24O7. The molecule has 0 aliphatic rings. The van der Waals surface area contributed by atoms with Crippen LogP contribution >= 0.6 is 0 Å². The first-order valence-corrected chi connectivity index (χ1v) is 8.88. The second-order valence-corrected chi connectivity index (χ2v) is 6.02. The number of aliphatic hydroxyl groups is 1. The maximum atomic E-state index is 12.6.